The zero-order valence-corrected chi connectivity index (χ0v) is 14.3. The third kappa shape index (κ3) is 7.67. The summed E-state index contributed by atoms with van der Waals surface area (Å²) in [6.07, 6.45) is 2.69. The van der Waals surface area contributed by atoms with E-state index in [-0.39, 0.29) is 0 Å². The van der Waals surface area contributed by atoms with Crippen molar-refractivity contribution in [2.75, 3.05) is 45.9 Å². The maximum atomic E-state index is 5.34. The monoisotopic (exact) mass is 298 g/mol. The van der Waals surface area contributed by atoms with E-state index >= 15 is 0 Å². The average molecular weight is 298 g/mol. The summed E-state index contributed by atoms with van der Waals surface area (Å²) in [4.78, 5) is 7.28. The molecule has 124 valence electrons. The van der Waals surface area contributed by atoms with Crippen LogP contribution in [0.5, 0.6) is 0 Å². The van der Waals surface area contributed by atoms with Crippen molar-refractivity contribution in [3.05, 3.63) is 0 Å². The molecule has 0 radical (unpaired) electrons. The van der Waals surface area contributed by atoms with E-state index in [1.54, 1.807) is 0 Å². The van der Waals surface area contributed by atoms with Crippen LogP contribution in [0.1, 0.15) is 40.5 Å². The highest BCUT2D eigenvalue weighted by Gasteiger charge is 2.20. The minimum Gasteiger partial charge on any atom is -0.380 e. The zero-order chi connectivity index (χ0) is 15.5. The lowest BCUT2D eigenvalue weighted by atomic mass is 9.99. The molecule has 1 saturated heterocycles. The Morgan fingerprint density at radius 3 is 2.86 bits per heavy atom. The SMILES string of the molecule is CCNC(=NCC(C)N1CCCC(C)C1)NCCOCC. The Bertz CT molecular complexity index is 296. The summed E-state index contributed by atoms with van der Waals surface area (Å²) >= 11 is 0. The lowest BCUT2D eigenvalue weighted by molar-refractivity contribution is 0.142. The molecule has 0 aromatic heterocycles. The van der Waals surface area contributed by atoms with Crippen molar-refractivity contribution in [1.82, 2.24) is 15.5 Å². The van der Waals surface area contributed by atoms with Gasteiger partial charge in [0, 0.05) is 32.3 Å². The summed E-state index contributed by atoms with van der Waals surface area (Å²) in [5, 5.41) is 6.61. The molecule has 1 fully saturated rings. The van der Waals surface area contributed by atoms with Gasteiger partial charge in [-0.25, -0.2) is 0 Å². The largest absolute Gasteiger partial charge is 0.380 e. The number of nitrogens with zero attached hydrogens (tertiary/aromatic N) is 2. The van der Waals surface area contributed by atoms with Gasteiger partial charge < -0.3 is 15.4 Å². The highest BCUT2D eigenvalue weighted by Crippen LogP contribution is 2.17. The van der Waals surface area contributed by atoms with E-state index in [9.17, 15) is 0 Å². The topological polar surface area (TPSA) is 48.9 Å². The summed E-state index contributed by atoms with van der Waals surface area (Å²) < 4.78 is 5.34. The molecule has 0 amide bonds. The number of ether oxygens (including phenoxy) is 1. The molecule has 21 heavy (non-hydrogen) atoms. The average Bonchev–Trinajstić information content (AvgIpc) is 2.48. The molecule has 0 aliphatic carbocycles. The first-order chi connectivity index (χ1) is 10.2. The Kier molecular flexibility index (Phi) is 9.42. The Morgan fingerprint density at radius 2 is 2.19 bits per heavy atom. The fraction of sp³-hybridized carbons (Fsp3) is 0.938. The molecule has 0 aromatic carbocycles. The van der Waals surface area contributed by atoms with Gasteiger partial charge in [-0.2, -0.15) is 0 Å². The van der Waals surface area contributed by atoms with Crippen LogP contribution < -0.4 is 10.6 Å². The van der Waals surface area contributed by atoms with Crippen molar-refractivity contribution in [1.29, 1.82) is 0 Å². The number of guanidine groups is 1. The summed E-state index contributed by atoms with van der Waals surface area (Å²) in [6, 6.07) is 0.509. The molecule has 2 N–H and O–H groups in total. The molecule has 0 saturated carbocycles. The molecular weight excluding hydrogens is 264 g/mol. The van der Waals surface area contributed by atoms with Crippen LogP contribution in [0.3, 0.4) is 0 Å². The highest BCUT2D eigenvalue weighted by molar-refractivity contribution is 5.79. The van der Waals surface area contributed by atoms with Gasteiger partial charge in [0.25, 0.3) is 0 Å². The Hall–Kier alpha value is -0.810. The number of likely N-dealkylation sites (tertiary alicyclic amines) is 1. The van der Waals surface area contributed by atoms with Crippen LogP contribution in [0, 0.1) is 5.92 Å². The fourth-order valence-corrected chi connectivity index (χ4v) is 2.69. The van der Waals surface area contributed by atoms with Crippen molar-refractivity contribution in [2.45, 2.75) is 46.6 Å². The lowest BCUT2D eigenvalue weighted by Crippen LogP contribution is -2.43. The van der Waals surface area contributed by atoms with Crippen LogP contribution in [0.15, 0.2) is 4.99 Å². The molecule has 0 bridgehead atoms. The van der Waals surface area contributed by atoms with E-state index in [1.807, 2.05) is 6.92 Å². The molecule has 1 aliphatic heterocycles. The molecule has 5 nitrogen and oxygen atoms in total. The summed E-state index contributed by atoms with van der Waals surface area (Å²) in [6.45, 7) is 15.2. The van der Waals surface area contributed by atoms with Crippen LogP contribution in [-0.2, 0) is 4.74 Å². The molecule has 2 atom stereocenters. The molecule has 0 spiro atoms. The van der Waals surface area contributed by atoms with Crippen molar-refractivity contribution in [3.63, 3.8) is 0 Å². The van der Waals surface area contributed by atoms with E-state index in [2.05, 4.69) is 36.3 Å². The van der Waals surface area contributed by atoms with Crippen molar-refractivity contribution in [2.24, 2.45) is 10.9 Å². The molecule has 1 rings (SSSR count). The quantitative estimate of drug-likeness (QED) is 0.407. The fourth-order valence-electron chi connectivity index (χ4n) is 2.69. The minimum atomic E-state index is 0.509. The van der Waals surface area contributed by atoms with Crippen LogP contribution in [0.4, 0.5) is 0 Å². The van der Waals surface area contributed by atoms with Gasteiger partial charge in [0.2, 0.25) is 0 Å². The van der Waals surface area contributed by atoms with E-state index in [0.717, 1.165) is 44.7 Å². The van der Waals surface area contributed by atoms with Gasteiger partial charge in [0.1, 0.15) is 0 Å². The number of nitrogens with one attached hydrogen (secondary N) is 2. The van der Waals surface area contributed by atoms with Crippen LogP contribution in [0.2, 0.25) is 0 Å². The second kappa shape index (κ2) is 10.9. The minimum absolute atomic E-state index is 0.509. The Labute approximate surface area is 130 Å². The molecule has 5 heteroatoms. The maximum Gasteiger partial charge on any atom is 0.191 e. The molecule has 2 unspecified atom stereocenters. The number of aliphatic imine (C=N–C) groups is 1. The van der Waals surface area contributed by atoms with Gasteiger partial charge in [0.15, 0.2) is 5.96 Å². The third-order valence-corrected chi connectivity index (χ3v) is 3.91. The lowest BCUT2D eigenvalue weighted by Gasteiger charge is -2.35. The van der Waals surface area contributed by atoms with Crippen LogP contribution in [-0.4, -0.2) is 62.8 Å². The number of rotatable bonds is 8. The first-order valence-electron chi connectivity index (χ1n) is 8.51. The normalized spacial score (nSPS) is 22.1. The summed E-state index contributed by atoms with van der Waals surface area (Å²) in [5.41, 5.74) is 0. The van der Waals surface area contributed by atoms with Crippen molar-refractivity contribution < 1.29 is 4.74 Å². The number of hydrogen-bond acceptors (Lipinski definition) is 3. The zero-order valence-electron chi connectivity index (χ0n) is 14.3. The van der Waals surface area contributed by atoms with Gasteiger partial charge in [-0.3, -0.25) is 9.89 Å². The second-order valence-corrected chi connectivity index (χ2v) is 5.93. The standard InChI is InChI=1S/C16H34N4O/c1-5-17-16(18-9-11-21-6-2)19-12-15(4)20-10-7-8-14(3)13-20/h14-15H,5-13H2,1-4H3,(H2,17,18,19). The predicted molar refractivity (Wildman–Crippen MR) is 89.9 cm³/mol. The second-order valence-electron chi connectivity index (χ2n) is 5.93. The van der Waals surface area contributed by atoms with Gasteiger partial charge in [-0.1, -0.05) is 6.92 Å². The number of piperidine rings is 1. The predicted octanol–water partition coefficient (Wildman–Crippen LogP) is 1.70. The Balaban J connectivity index is 2.36. The van der Waals surface area contributed by atoms with Crippen molar-refractivity contribution in [3.8, 4) is 0 Å². The third-order valence-electron chi connectivity index (χ3n) is 3.91. The van der Waals surface area contributed by atoms with E-state index in [1.165, 1.54) is 25.9 Å². The maximum absolute atomic E-state index is 5.34. The van der Waals surface area contributed by atoms with Gasteiger partial charge in [-0.05, 0) is 46.1 Å². The summed E-state index contributed by atoms with van der Waals surface area (Å²) in [5.74, 6) is 1.72. The Morgan fingerprint density at radius 1 is 1.38 bits per heavy atom. The summed E-state index contributed by atoms with van der Waals surface area (Å²) in [7, 11) is 0. The van der Waals surface area contributed by atoms with Crippen LogP contribution in [0.25, 0.3) is 0 Å². The van der Waals surface area contributed by atoms with Gasteiger partial charge in [0.05, 0.1) is 13.2 Å². The van der Waals surface area contributed by atoms with Gasteiger partial charge in [-0.15, -0.1) is 0 Å². The number of hydrogen-bond donors (Lipinski definition) is 2. The smallest absolute Gasteiger partial charge is 0.191 e. The van der Waals surface area contributed by atoms with E-state index < -0.39 is 0 Å². The van der Waals surface area contributed by atoms with E-state index in [0.29, 0.717) is 6.04 Å². The van der Waals surface area contributed by atoms with E-state index in [4.69, 9.17) is 9.73 Å². The van der Waals surface area contributed by atoms with Gasteiger partial charge >= 0.3 is 0 Å². The first kappa shape index (κ1) is 18.2. The van der Waals surface area contributed by atoms with Crippen molar-refractivity contribution >= 4 is 5.96 Å². The first-order valence-corrected chi connectivity index (χ1v) is 8.51. The molecule has 1 aliphatic rings. The molecule has 1 heterocycles. The molecular formula is C16H34N4O. The molecule has 0 aromatic rings. The highest BCUT2D eigenvalue weighted by atomic mass is 16.5. The van der Waals surface area contributed by atoms with Crippen LogP contribution >= 0.6 is 0 Å².